The van der Waals surface area contributed by atoms with Gasteiger partial charge in [-0.25, -0.2) is 0 Å². The molecule has 2 aromatic carbocycles. The number of fused-ring (bicyclic) bond motifs is 1. The van der Waals surface area contributed by atoms with Gasteiger partial charge in [0.1, 0.15) is 24.5 Å². The predicted molar refractivity (Wildman–Crippen MR) is 112 cm³/mol. The maximum absolute atomic E-state index is 12.6. The first-order chi connectivity index (χ1) is 15.4. The Balaban J connectivity index is 1.42. The minimum Gasteiger partial charge on any atom is -0.487 e. The third kappa shape index (κ3) is 4.15. The largest absolute Gasteiger partial charge is 0.487 e. The number of anilines is 1. The smallest absolute Gasteiger partial charge is 0.282 e. The number of hydrogen-bond acceptors (Lipinski definition) is 7. The van der Waals surface area contributed by atoms with Gasteiger partial charge in [-0.1, -0.05) is 18.2 Å². The summed E-state index contributed by atoms with van der Waals surface area (Å²) in [5.74, 6) is -1.77. The topological polar surface area (TPSA) is 132 Å². The van der Waals surface area contributed by atoms with Crippen LogP contribution in [-0.2, 0) is 11.4 Å². The maximum Gasteiger partial charge on any atom is 0.282 e. The Morgan fingerprint density at radius 2 is 1.88 bits per heavy atom. The fourth-order valence-corrected chi connectivity index (χ4v) is 3.26. The van der Waals surface area contributed by atoms with E-state index in [0.717, 1.165) is 11.8 Å². The molecule has 0 atom stereocenters. The molecule has 160 valence electrons. The minimum atomic E-state index is -0.875. The molecule has 0 bridgehead atoms. The van der Waals surface area contributed by atoms with Gasteiger partial charge in [0.2, 0.25) is 5.91 Å². The zero-order valence-electron chi connectivity index (χ0n) is 16.6. The van der Waals surface area contributed by atoms with E-state index in [1.54, 1.807) is 36.5 Å². The number of rotatable bonds is 7. The molecule has 0 unspecified atom stereocenters. The summed E-state index contributed by atoms with van der Waals surface area (Å²) in [4.78, 5) is 52.9. The highest BCUT2D eigenvalue weighted by Gasteiger charge is 2.41. The quantitative estimate of drug-likeness (QED) is 0.345. The zero-order chi connectivity index (χ0) is 22.7. The van der Waals surface area contributed by atoms with Crippen molar-refractivity contribution in [3.63, 3.8) is 0 Å². The second-order valence-corrected chi connectivity index (χ2v) is 6.84. The number of benzene rings is 2. The van der Waals surface area contributed by atoms with Crippen LogP contribution in [0.1, 0.15) is 26.4 Å². The van der Waals surface area contributed by atoms with E-state index in [2.05, 4.69) is 10.3 Å². The number of nitrogens with zero attached hydrogens (tertiary/aromatic N) is 3. The number of nitro benzene ring substituents is 1. The number of nitrogens with one attached hydrogen (secondary N) is 1. The van der Waals surface area contributed by atoms with E-state index in [1.807, 2.05) is 12.1 Å². The first-order valence-corrected chi connectivity index (χ1v) is 9.50. The zero-order valence-corrected chi connectivity index (χ0v) is 16.6. The molecule has 10 heteroatoms. The summed E-state index contributed by atoms with van der Waals surface area (Å²) in [6.07, 6.45) is 1.66. The van der Waals surface area contributed by atoms with E-state index >= 15 is 0 Å². The van der Waals surface area contributed by atoms with Gasteiger partial charge in [0.25, 0.3) is 17.5 Å². The minimum absolute atomic E-state index is 0.0954. The van der Waals surface area contributed by atoms with Crippen LogP contribution < -0.4 is 10.1 Å². The first-order valence-electron chi connectivity index (χ1n) is 9.50. The van der Waals surface area contributed by atoms with Crippen LogP contribution in [0.4, 0.5) is 11.4 Å². The molecule has 10 nitrogen and oxygen atoms in total. The van der Waals surface area contributed by atoms with Crippen LogP contribution in [0, 0.1) is 10.1 Å². The summed E-state index contributed by atoms with van der Waals surface area (Å²) in [5.41, 5.74) is 0.265. The van der Waals surface area contributed by atoms with Crippen LogP contribution in [0.25, 0.3) is 0 Å². The molecule has 0 saturated carbocycles. The number of imide groups is 1. The third-order valence-corrected chi connectivity index (χ3v) is 4.71. The molecule has 3 aromatic rings. The molecule has 1 aliphatic heterocycles. The normalized spacial score (nSPS) is 12.4. The van der Waals surface area contributed by atoms with E-state index in [1.165, 1.54) is 12.1 Å². The highest BCUT2D eigenvalue weighted by Crippen LogP contribution is 2.30. The van der Waals surface area contributed by atoms with Crippen molar-refractivity contribution in [3.05, 3.63) is 93.8 Å². The lowest BCUT2D eigenvalue weighted by Gasteiger charge is -2.14. The Labute approximate surface area is 181 Å². The van der Waals surface area contributed by atoms with Crippen molar-refractivity contribution in [1.82, 2.24) is 9.88 Å². The summed E-state index contributed by atoms with van der Waals surface area (Å²) >= 11 is 0. The summed E-state index contributed by atoms with van der Waals surface area (Å²) in [6.45, 7) is -0.339. The molecule has 0 radical (unpaired) electrons. The van der Waals surface area contributed by atoms with Crippen molar-refractivity contribution in [2.75, 3.05) is 11.9 Å². The second kappa shape index (κ2) is 8.64. The highest BCUT2D eigenvalue weighted by atomic mass is 16.6. The fourth-order valence-electron chi connectivity index (χ4n) is 3.26. The molecule has 1 aliphatic rings. The number of hydrogen-bond donors (Lipinski definition) is 1. The van der Waals surface area contributed by atoms with Gasteiger partial charge in [-0.3, -0.25) is 34.4 Å². The Hall–Kier alpha value is -4.60. The molecule has 0 aliphatic carbocycles. The molecule has 1 aromatic heterocycles. The number of pyridine rings is 1. The van der Waals surface area contributed by atoms with Crippen LogP contribution in [0.5, 0.6) is 5.75 Å². The fraction of sp³-hybridized carbons (Fsp3) is 0.0909. The predicted octanol–water partition coefficient (Wildman–Crippen LogP) is 2.80. The average Bonchev–Trinajstić information content (AvgIpc) is 3.03. The third-order valence-electron chi connectivity index (χ3n) is 4.71. The number of aromatic nitrogens is 1. The van der Waals surface area contributed by atoms with Crippen molar-refractivity contribution in [2.45, 2.75) is 6.61 Å². The number of carbonyl (C=O) groups is 3. The van der Waals surface area contributed by atoms with E-state index in [4.69, 9.17) is 4.74 Å². The van der Waals surface area contributed by atoms with Gasteiger partial charge in [0.05, 0.1) is 16.2 Å². The molecule has 4 rings (SSSR count). The average molecular weight is 432 g/mol. The molecular formula is C22H16N4O6. The first kappa shape index (κ1) is 20.7. The van der Waals surface area contributed by atoms with Crippen molar-refractivity contribution in [1.29, 1.82) is 0 Å². The highest BCUT2D eigenvalue weighted by molar-refractivity contribution is 6.24. The molecule has 0 spiro atoms. The van der Waals surface area contributed by atoms with Crippen LogP contribution in [0.3, 0.4) is 0 Å². The molecule has 0 fully saturated rings. The Morgan fingerprint density at radius 1 is 1.06 bits per heavy atom. The van der Waals surface area contributed by atoms with Gasteiger partial charge in [-0.2, -0.15) is 0 Å². The maximum atomic E-state index is 12.6. The molecule has 0 saturated heterocycles. The van der Waals surface area contributed by atoms with Gasteiger partial charge in [-0.15, -0.1) is 0 Å². The van der Waals surface area contributed by atoms with Crippen LogP contribution in [0.15, 0.2) is 66.9 Å². The lowest BCUT2D eigenvalue weighted by Crippen LogP contribution is -2.37. The van der Waals surface area contributed by atoms with Gasteiger partial charge in [-0.05, 0) is 30.3 Å². The van der Waals surface area contributed by atoms with Gasteiger partial charge < -0.3 is 10.1 Å². The molecule has 2 heterocycles. The summed E-state index contributed by atoms with van der Waals surface area (Å²) in [6, 6.07) is 15.8. The monoisotopic (exact) mass is 432 g/mol. The molecule has 32 heavy (non-hydrogen) atoms. The number of carbonyl (C=O) groups excluding carboxylic acids is 3. The van der Waals surface area contributed by atoms with Gasteiger partial charge in [0.15, 0.2) is 0 Å². The molecule has 3 amide bonds. The van der Waals surface area contributed by atoms with Crippen LogP contribution in [0.2, 0.25) is 0 Å². The summed E-state index contributed by atoms with van der Waals surface area (Å²) in [7, 11) is 0. The van der Waals surface area contributed by atoms with Crippen molar-refractivity contribution in [3.8, 4) is 5.75 Å². The van der Waals surface area contributed by atoms with E-state index in [-0.39, 0.29) is 17.7 Å². The van der Waals surface area contributed by atoms with Crippen LogP contribution in [-0.4, -0.2) is 39.1 Å². The number of nitro groups is 1. The van der Waals surface area contributed by atoms with Crippen molar-refractivity contribution in [2.24, 2.45) is 0 Å². The number of amides is 3. The number of ether oxygens (including phenoxy) is 1. The van der Waals surface area contributed by atoms with E-state index in [9.17, 15) is 24.5 Å². The van der Waals surface area contributed by atoms with E-state index in [0.29, 0.717) is 16.3 Å². The molecular weight excluding hydrogens is 416 g/mol. The Bertz CT molecular complexity index is 1230. The molecule has 1 N–H and O–H groups in total. The van der Waals surface area contributed by atoms with Gasteiger partial charge in [0, 0.05) is 24.0 Å². The van der Waals surface area contributed by atoms with Crippen molar-refractivity contribution >= 4 is 29.1 Å². The standard InChI is InChI=1S/C22H16N4O6/c27-19(12-25-21(28)17-8-4-9-18(26(30)31)20(17)22(25)29)24-14-6-3-7-16(11-14)32-13-15-5-1-2-10-23-15/h1-11H,12-13H2,(H,24,27). The lowest BCUT2D eigenvalue weighted by atomic mass is 10.1. The van der Waals surface area contributed by atoms with Gasteiger partial charge >= 0.3 is 0 Å². The van der Waals surface area contributed by atoms with Crippen molar-refractivity contribution < 1.29 is 24.0 Å². The SMILES string of the molecule is O=C(CN1C(=O)c2cccc([N+](=O)[O-])c2C1=O)Nc1cccc(OCc2ccccn2)c1. The second-order valence-electron chi connectivity index (χ2n) is 6.84. The summed E-state index contributed by atoms with van der Waals surface area (Å²) in [5, 5.41) is 13.8. The van der Waals surface area contributed by atoms with E-state index < -0.39 is 34.9 Å². The van der Waals surface area contributed by atoms with Crippen LogP contribution >= 0.6 is 0 Å². The Kier molecular flexibility index (Phi) is 5.58. The Morgan fingerprint density at radius 3 is 2.62 bits per heavy atom. The summed E-state index contributed by atoms with van der Waals surface area (Å²) < 4.78 is 5.66. The lowest BCUT2D eigenvalue weighted by molar-refractivity contribution is -0.385.